The van der Waals surface area contributed by atoms with Crippen LogP contribution in [0.2, 0.25) is 0 Å². The van der Waals surface area contributed by atoms with E-state index in [-0.39, 0.29) is 18.1 Å². The van der Waals surface area contributed by atoms with Gasteiger partial charge in [0.2, 0.25) is 0 Å². The summed E-state index contributed by atoms with van der Waals surface area (Å²) in [6.45, 7) is 0.210. The lowest BCUT2D eigenvalue weighted by molar-refractivity contribution is -0.384. The Bertz CT molecular complexity index is 1240. The number of hydrogen-bond donors (Lipinski definition) is 0. The standard InChI is InChI=1S/C22H15BrN4O4S/c23-17-4-1-3-16(11-17)13-24-25-22-26(14-19-5-2-10-31-19)21(28)20(32-22)12-15-6-8-18(9-7-15)27(29)30/h1-13H,14H2/b20-12-,24-13-,25-22+. The number of hydrogen-bond acceptors (Lipinski definition) is 7. The second kappa shape index (κ2) is 9.75. The minimum absolute atomic E-state index is 0.0128. The van der Waals surface area contributed by atoms with Gasteiger partial charge in [0, 0.05) is 16.6 Å². The number of furan rings is 1. The van der Waals surface area contributed by atoms with E-state index in [1.54, 1.807) is 42.8 Å². The minimum atomic E-state index is -0.467. The lowest BCUT2D eigenvalue weighted by Gasteiger charge is -2.12. The average Bonchev–Trinajstić information content (AvgIpc) is 3.39. The highest BCUT2D eigenvalue weighted by Crippen LogP contribution is 2.34. The summed E-state index contributed by atoms with van der Waals surface area (Å²) in [4.78, 5) is 25.4. The first-order valence-corrected chi connectivity index (χ1v) is 11.0. The Morgan fingerprint density at radius 2 is 1.94 bits per heavy atom. The largest absolute Gasteiger partial charge is 0.467 e. The molecule has 1 saturated heterocycles. The monoisotopic (exact) mass is 510 g/mol. The number of thioether (sulfide) groups is 1. The summed E-state index contributed by atoms with van der Waals surface area (Å²) in [5.74, 6) is 0.361. The molecule has 0 atom stereocenters. The molecule has 1 aliphatic heterocycles. The average molecular weight is 511 g/mol. The van der Waals surface area contributed by atoms with Crippen LogP contribution >= 0.6 is 27.7 Å². The Balaban J connectivity index is 1.61. The van der Waals surface area contributed by atoms with Crippen LogP contribution in [-0.2, 0) is 11.3 Å². The van der Waals surface area contributed by atoms with E-state index in [0.29, 0.717) is 21.4 Å². The summed E-state index contributed by atoms with van der Waals surface area (Å²) < 4.78 is 6.31. The number of nitrogens with zero attached hydrogens (tertiary/aromatic N) is 4. The number of carbonyl (C=O) groups excluding carboxylic acids is 1. The molecule has 0 unspecified atom stereocenters. The van der Waals surface area contributed by atoms with Crippen molar-refractivity contribution in [1.29, 1.82) is 0 Å². The summed E-state index contributed by atoms with van der Waals surface area (Å²) >= 11 is 4.59. The van der Waals surface area contributed by atoms with Gasteiger partial charge in [-0.15, -0.1) is 5.10 Å². The van der Waals surface area contributed by atoms with Gasteiger partial charge in [-0.2, -0.15) is 5.10 Å². The van der Waals surface area contributed by atoms with Crippen molar-refractivity contribution in [3.63, 3.8) is 0 Å². The highest BCUT2D eigenvalue weighted by molar-refractivity contribution is 9.10. The topological polar surface area (TPSA) is 101 Å². The highest BCUT2D eigenvalue weighted by atomic mass is 79.9. The van der Waals surface area contributed by atoms with E-state index < -0.39 is 4.92 Å². The summed E-state index contributed by atoms with van der Waals surface area (Å²) in [5, 5.41) is 19.7. The third-order valence-corrected chi connectivity index (χ3v) is 5.87. The van der Waals surface area contributed by atoms with Gasteiger partial charge in [-0.25, -0.2) is 0 Å². The molecule has 0 saturated carbocycles. The molecule has 0 spiro atoms. The van der Waals surface area contributed by atoms with Crippen LogP contribution in [0.5, 0.6) is 0 Å². The number of amidine groups is 1. The summed E-state index contributed by atoms with van der Waals surface area (Å²) in [5.41, 5.74) is 1.52. The van der Waals surface area contributed by atoms with E-state index in [9.17, 15) is 14.9 Å². The fourth-order valence-electron chi connectivity index (χ4n) is 2.86. The lowest BCUT2D eigenvalue weighted by Crippen LogP contribution is -2.28. The van der Waals surface area contributed by atoms with Crippen molar-refractivity contribution >= 4 is 56.7 Å². The molecule has 1 fully saturated rings. The molecule has 0 bridgehead atoms. The van der Waals surface area contributed by atoms with Gasteiger partial charge in [0.1, 0.15) is 5.76 Å². The van der Waals surface area contributed by atoms with Crippen molar-refractivity contribution in [1.82, 2.24) is 4.90 Å². The van der Waals surface area contributed by atoms with Crippen LogP contribution in [-0.4, -0.2) is 27.1 Å². The zero-order valence-corrected chi connectivity index (χ0v) is 18.8. The second-order valence-electron chi connectivity index (χ2n) is 6.61. The van der Waals surface area contributed by atoms with Gasteiger partial charge in [-0.05, 0) is 65.4 Å². The number of non-ortho nitro benzene ring substituents is 1. The Hall–Kier alpha value is -3.50. The highest BCUT2D eigenvalue weighted by Gasteiger charge is 2.34. The smallest absolute Gasteiger partial charge is 0.269 e. The predicted octanol–water partition coefficient (Wildman–Crippen LogP) is 5.46. The first-order chi connectivity index (χ1) is 15.5. The SMILES string of the molecule is O=C1/C(=C/c2ccc([N+](=O)[O-])cc2)S/C(=N/N=C\c2cccc(Br)c2)N1Cc1ccco1. The number of nitro benzene ring substituents is 1. The number of halogens is 1. The Kier molecular flexibility index (Phi) is 6.62. The van der Waals surface area contributed by atoms with E-state index in [0.717, 1.165) is 10.0 Å². The molecule has 1 aromatic heterocycles. The van der Waals surface area contributed by atoms with E-state index in [4.69, 9.17) is 4.42 Å². The quantitative estimate of drug-likeness (QED) is 0.189. The number of benzene rings is 2. The molecule has 1 aliphatic rings. The van der Waals surface area contributed by atoms with Crippen LogP contribution in [0.15, 0.2) is 90.9 Å². The van der Waals surface area contributed by atoms with Gasteiger partial charge >= 0.3 is 0 Å². The van der Waals surface area contributed by atoms with Crippen LogP contribution in [0.1, 0.15) is 16.9 Å². The van der Waals surface area contributed by atoms with Crippen molar-refractivity contribution in [3.8, 4) is 0 Å². The first-order valence-electron chi connectivity index (χ1n) is 9.34. The molecule has 32 heavy (non-hydrogen) atoms. The molecule has 8 nitrogen and oxygen atoms in total. The third-order valence-electron chi connectivity index (χ3n) is 4.38. The van der Waals surface area contributed by atoms with Crippen molar-refractivity contribution in [2.24, 2.45) is 10.2 Å². The molecule has 3 aromatic rings. The normalized spacial score (nSPS) is 16.5. The Labute approximate surface area is 195 Å². The van der Waals surface area contributed by atoms with Gasteiger partial charge in [0.05, 0.1) is 28.9 Å². The zero-order chi connectivity index (χ0) is 22.5. The van der Waals surface area contributed by atoms with Crippen LogP contribution < -0.4 is 0 Å². The molecule has 2 aromatic carbocycles. The van der Waals surface area contributed by atoms with E-state index >= 15 is 0 Å². The van der Waals surface area contributed by atoms with Crippen molar-refractivity contribution in [2.45, 2.75) is 6.54 Å². The van der Waals surface area contributed by atoms with Crippen LogP contribution in [0.4, 0.5) is 5.69 Å². The van der Waals surface area contributed by atoms with Crippen molar-refractivity contribution in [3.05, 3.63) is 103 Å². The number of rotatable bonds is 6. The molecule has 1 amide bonds. The molecular weight excluding hydrogens is 496 g/mol. The van der Waals surface area contributed by atoms with Crippen LogP contribution in [0.3, 0.4) is 0 Å². The fourth-order valence-corrected chi connectivity index (χ4v) is 4.21. The molecular formula is C22H15BrN4O4S. The van der Waals surface area contributed by atoms with Gasteiger partial charge in [-0.3, -0.25) is 19.8 Å². The van der Waals surface area contributed by atoms with E-state index in [2.05, 4.69) is 26.1 Å². The second-order valence-corrected chi connectivity index (χ2v) is 8.54. The fraction of sp³-hybridized carbons (Fsp3) is 0.0455. The Morgan fingerprint density at radius 1 is 1.12 bits per heavy atom. The number of carbonyl (C=O) groups is 1. The van der Waals surface area contributed by atoms with Gasteiger partial charge in [-0.1, -0.05) is 28.1 Å². The van der Waals surface area contributed by atoms with Gasteiger partial charge in [0.25, 0.3) is 11.6 Å². The lowest BCUT2D eigenvalue weighted by atomic mass is 10.2. The van der Waals surface area contributed by atoms with Crippen molar-refractivity contribution < 1.29 is 14.1 Å². The minimum Gasteiger partial charge on any atom is -0.467 e. The molecule has 2 heterocycles. The molecule has 0 aliphatic carbocycles. The maximum atomic E-state index is 13.0. The van der Waals surface area contributed by atoms with Crippen LogP contribution in [0, 0.1) is 10.1 Å². The maximum Gasteiger partial charge on any atom is 0.269 e. The zero-order valence-electron chi connectivity index (χ0n) is 16.4. The van der Waals surface area contributed by atoms with Gasteiger partial charge < -0.3 is 4.42 Å². The Morgan fingerprint density at radius 3 is 2.62 bits per heavy atom. The first kappa shape index (κ1) is 21.7. The van der Waals surface area contributed by atoms with Crippen LogP contribution in [0.25, 0.3) is 6.08 Å². The van der Waals surface area contributed by atoms with E-state index in [1.165, 1.54) is 28.8 Å². The molecule has 10 heteroatoms. The summed E-state index contributed by atoms with van der Waals surface area (Å²) in [7, 11) is 0. The summed E-state index contributed by atoms with van der Waals surface area (Å²) in [6.07, 6.45) is 4.82. The molecule has 0 N–H and O–H groups in total. The van der Waals surface area contributed by atoms with Crippen molar-refractivity contribution in [2.75, 3.05) is 0 Å². The third kappa shape index (κ3) is 5.21. The predicted molar refractivity (Wildman–Crippen MR) is 127 cm³/mol. The van der Waals surface area contributed by atoms with E-state index in [1.807, 2.05) is 24.3 Å². The molecule has 160 valence electrons. The molecule has 0 radical (unpaired) electrons. The summed E-state index contributed by atoms with van der Waals surface area (Å²) in [6, 6.07) is 17.1. The number of nitro groups is 1. The van der Waals surface area contributed by atoms with Gasteiger partial charge in [0.15, 0.2) is 5.17 Å². The number of amides is 1. The molecule has 4 rings (SSSR count). The maximum absolute atomic E-state index is 13.0.